The average molecular weight is 245 g/mol. The van der Waals surface area contributed by atoms with Crippen molar-refractivity contribution in [3.8, 4) is 12.3 Å². The molecule has 1 N–H and O–H groups in total. The minimum absolute atomic E-state index is 0.174. The highest BCUT2D eigenvalue weighted by Crippen LogP contribution is 2.16. The molecule has 0 bridgehead atoms. The lowest BCUT2D eigenvalue weighted by molar-refractivity contribution is 0.170. The Bertz CT molecular complexity index is 186. The van der Waals surface area contributed by atoms with Crippen molar-refractivity contribution in [2.75, 3.05) is 0 Å². The summed E-state index contributed by atoms with van der Waals surface area (Å²) >= 11 is 6.03. The zero-order valence-electron chi connectivity index (χ0n) is 10.4. The van der Waals surface area contributed by atoms with Gasteiger partial charge in [0.05, 0.1) is 11.5 Å². The van der Waals surface area contributed by atoms with Gasteiger partial charge in [-0.25, -0.2) is 0 Å². The minimum Gasteiger partial charge on any atom is -0.391 e. The molecule has 0 aromatic rings. The van der Waals surface area contributed by atoms with E-state index < -0.39 is 6.10 Å². The molecule has 0 saturated heterocycles. The molecule has 0 spiro atoms. The molecule has 0 aliphatic carbocycles. The van der Waals surface area contributed by atoms with E-state index in [0.717, 1.165) is 12.8 Å². The highest BCUT2D eigenvalue weighted by molar-refractivity contribution is 6.21. The maximum absolute atomic E-state index is 9.52. The van der Waals surface area contributed by atoms with Gasteiger partial charge in [-0.1, -0.05) is 51.9 Å². The Hall–Kier alpha value is -0.190. The first kappa shape index (κ1) is 15.8. The number of hydrogen-bond donors (Lipinski definition) is 1. The molecule has 0 unspecified atom stereocenters. The second-order valence-corrected chi connectivity index (χ2v) is 4.96. The van der Waals surface area contributed by atoms with E-state index >= 15 is 0 Å². The third kappa shape index (κ3) is 9.07. The average Bonchev–Trinajstić information content (AvgIpc) is 2.28. The Morgan fingerprint density at radius 3 is 2.25 bits per heavy atom. The highest BCUT2D eigenvalue weighted by atomic mass is 35.5. The van der Waals surface area contributed by atoms with Crippen LogP contribution in [0, 0.1) is 12.3 Å². The van der Waals surface area contributed by atoms with Crippen LogP contribution in [-0.2, 0) is 0 Å². The van der Waals surface area contributed by atoms with Gasteiger partial charge in [0.25, 0.3) is 0 Å². The first-order valence-electron chi connectivity index (χ1n) is 6.48. The SMILES string of the molecule is C#CC[C@H](O)[C@@H](Cl)CCCCCCCCC. The van der Waals surface area contributed by atoms with Crippen molar-refractivity contribution in [3.05, 3.63) is 0 Å². The van der Waals surface area contributed by atoms with E-state index in [9.17, 15) is 5.11 Å². The molecule has 0 radical (unpaired) electrons. The summed E-state index contributed by atoms with van der Waals surface area (Å²) in [5.41, 5.74) is 0. The van der Waals surface area contributed by atoms with E-state index in [0.29, 0.717) is 6.42 Å². The number of aliphatic hydroxyl groups excluding tert-OH is 1. The molecule has 16 heavy (non-hydrogen) atoms. The van der Waals surface area contributed by atoms with Crippen molar-refractivity contribution in [1.82, 2.24) is 0 Å². The van der Waals surface area contributed by atoms with Gasteiger partial charge in [0.15, 0.2) is 0 Å². The van der Waals surface area contributed by atoms with E-state index in [-0.39, 0.29) is 5.38 Å². The summed E-state index contributed by atoms with van der Waals surface area (Å²) in [6.45, 7) is 2.23. The van der Waals surface area contributed by atoms with Gasteiger partial charge in [0, 0.05) is 6.42 Å². The summed E-state index contributed by atoms with van der Waals surface area (Å²) in [6.07, 6.45) is 14.7. The Balaban J connectivity index is 3.28. The fourth-order valence-electron chi connectivity index (χ4n) is 1.74. The van der Waals surface area contributed by atoms with Gasteiger partial charge in [-0.3, -0.25) is 0 Å². The second kappa shape index (κ2) is 11.3. The molecule has 0 fully saturated rings. The predicted octanol–water partition coefficient (Wildman–Crippen LogP) is 4.12. The zero-order valence-corrected chi connectivity index (χ0v) is 11.2. The van der Waals surface area contributed by atoms with Crippen molar-refractivity contribution >= 4 is 11.6 Å². The topological polar surface area (TPSA) is 20.2 Å². The van der Waals surface area contributed by atoms with Crippen LogP contribution >= 0.6 is 11.6 Å². The van der Waals surface area contributed by atoms with Crippen LogP contribution in [0.1, 0.15) is 64.7 Å². The van der Waals surface area contributed by atoms with E-state index in [2.05, 4.69) is 12.8 Å². The Morgan fingerprint density at radius 2 is 1.69 bits per heavy atom. The van der Waals surface area contributed by atoms with Crippen LogP contribution in [-0.4, -0.2) is 16.6 Å². The summed E-state index contributed by atoms with van der Waals surface area (Å²) < 4.78 is 0. The van der Waals surface area contributed by atoms with Crippen molar-refractivity contribution in [2.24, 2.45) is 0 Å². The van der Waals surface area contributed by atoms with Gasteiger partial charge >= 0.3 is 0 Å². The number of halogens is 1. The smallest absolute Gasteiger partial charge is 0.0812 e. The summed E-state index contributed by atoms with van der Waals surface area (Å²) in [5, 5.41) is 9.34. The molecule has 2 atom stereocenters. The van der Waals surface area contributed by atoms with Crippen molar-refractivity contribution in [1.29, 1.82) is 0 Å². The summed E-state index contributed by atoms with van der Waals surface area (Å²) in [5.74, 6) is 2.44. The molecule has 0 aliphatic rings. The summed E-state index contributed by atoms with van der Waals surface area (Å²) in [6, 6.07) is 0. The quantitative estimate of drug-likeness (QED) is 0.348. The summed E-state index contributed by atoms with van der Waals surface area (Å²) in [4.78, 5) is 0. The van der Waals surface area contributed by atoms with Gasteiger partial charge in [0.1, 0.15) is 0 Å². The molecule has 0 saturated carbocycles. The molecule has 0 heterocycles. The number of aliphatic hydroxyl groups is 1. The van der Waals surface area contributed by atoms with Gasteiger partial charge in [-0.05, 0) is 6.42 Å². The van der Waals surface area contributed by atoms with E-state index in [4.69, 9.17) is 18.0 Å². The maximum Gasteiger partial charge on any atom is 0.0812 e. The van der Waals surface area contributed by atoms with Crippen molar-refractivity contribution in [3.63, 3.8) is 0 Å². The largest absolute Gasteiger partial charge is 0.391 e. The lowest BCUT2D eigenvalue weighted by atomic mass is 10.0. The number of alkyl halides is 1. The van der Waals surface area contributed by atoms with Crippen molar-refractivity contribution < 1.29 is 5.11 Å². The monoisotopic (exact) mass is 244 g/mol. The van der Waals surface area contributed by atoms with Crippen molar-refractivity contribution in [2.45, 2.75) is 76.2 Å². The van der Waals surface area contributed by atoms with Gasteiger partial charge in [-0.15, -0.1) is 23.9 Å². The third-order valence-electron chi connectivity index (χ3n) is 2.83. The van der Waals surface area contributed by atoms with Crippen LogP contribution < -0.4 is 0 Å². The Labute approximate surface area is 106 Å². The lowest BCUT2D eigenvalue weighted by Gasteiger charge is -2.14. The molecule has 0 rings (SSSR count). The van der Waals surface area contributed by atoms with E-state index in [1.54, 1.807) is 0 Å². The molecule has 1 nitrogen and oxygen atoms in total. The number of hydrogen-bond acceptors (Lipinski definition) is 1. The molecular weight excluding hydrogens is 220 g/mol. The summed E-state index contributed by atoms with van der Waals surface area (Å²) in [7, 11) is 0. The standard InChI is InChI=1S/C14H25ClO/c1-3-5-6-7-8-9-10-12-13(15)14(16)11-4-2/h2,13-14,16H,3,5-12H2,1H3/t13-,14-/m0/s1. The third-order valence-corrected chi connectivity index (χ3v) is 3.34. The normalized spacial score (nSPS) is 14.4. The molecule has 94 valence electrons. The van der Waals surface area contributed by atoms with Crippen LogP contribution in [0.15, 0.2) is 0 Å². The maximum atomic E-state index is 9.52. The van der Waals surface area contributed by atoms with E-state index in [1.807, 2.05) is 0 Å². The Kier molecular flexibility index (Phi) is 11.2. The zero-order chi connectivity index (χ0) is 12.2. The molecule has 0 aromatic carbocycles. The second-order valence-electron chi connectivity index (χ2n) is 4.40. The molecule has 0 aromatic heterocycles. The van der Waals surface area contributed by atoms with Crippen LogP contribution in [0.4, 0.5) is 0 Å². The molecule has 2 heteroatoms. The first-order valence-corrected chi connectivity index (χ1v) is 6.91. The van der Waals surface area contributed by atoms with Crippen LogP contribution in [0.25, 0.3) is 0 Å². The molecule has 0 aliphatic heterocycles. The van der Waals surface area contributed by atoms with Gasteiger partial charge in [-0.2, -0.15) is 0 Å². The lowest BCUT2D eigenvalue weighted by Crippen LogP contribution is -2.19. The van der Waals surface area contributed by atoms with Crippen LogP contribution in [0.3, 0.4) is 0 Å². The minimum atomic E-state index is -0.535. The highest BCUT2D eigenvalue weighted by Gasteiger charge is 2.14. The van der Waals surface area contributed by atoms with Crippen LogP contribution in [0.2, 0.25) is 0 Å². The number of unbranched alkanes of at least 4 members (excludes halogenated alkanes) is 6. The first-order chi connectivity index (χ1) is 7.72. The Morgan fingerprint density at radius 1 is 1.12 bits per heavy atom. The van der Waals surface area contributed by atoms with Gasteiger partial charge < -0.3 is 5.11 Å². The number of rotatable bonds is 10. The van der Waals surface area contributed by atoms with Gasteiger partial charge in [0.2, 0.25) is 0 Å². The molecule has 0 amide bonds. The van der Waals surface area contributed by atoms with E-state index in [1.165, 1.54) is 38.5 Å². The number of terminal acetylenes is 1. The predicted molar refractivity (Wildman–Crippen MR) is 71.7 cm³/mol. The molecular formula is C14H25ClO. The van der Waals surface area contributed by atoms with Crippen LogP contribution in [0.5, 0.6) is 0 Å². The fraction of sp³-hybridized carbons (Fsp3) is 0.857. The fourth-order valence-corrected chi connectivity index (χ4v) is 1.98.